The van der Waals surface area contributed by atoms with Crippen LogP contribution in [0.4, 0.5) is 0 Å². The van der Waals surface area contributed by atoms with Crippen molar-refractivity contribution in [1.82, 2.24) is 4.90 Å². The van der Waals surface area contributed by atoms with E-state index < -0.39 is 0 Å². The van der Waals surface area contributed by atoms with Crippen LogP contribution in [-0.2, 0) is 6.54 Å². The van der Waals surface area contributed by atoms with E-state index in [0.29, 0.717) is 11.5 Å². The lowest BCUT2D eigenvalue weighted by atomic mass is 9.86. The fraction of sp³-hybridized carbons (Fsp3) is 0.562. The normalized spacial score (nSPS) is 23.3. The Labute approximate surface area is 115 Å². The molecule has 2 unspecified atom stereocenters. The van der Waals surface area contributed by atoms with Crippen LogP contribution in [0.3, 0.4) is 0 Å². The lowest BCUT2D eigenvalue weighted by molar-refractivity contribution is 0.0502. The molecule has 0 aliphatic heterocycles. The largest absolute Gasteiger partial charge is 0.393 e. The number of hydrogen-bond acceptors (Lipinski definition) is 3. The van der Waals surface area contributed by atoms with Crippen LogP contribution in [0, 0.1) is 17.2 Å². The van der Waals surface area contributed by atoms with Gasteiger partial charge in [0.05, 0.1) is 17.7 Å². The van der Waals surface area contributed by atoms with Crippen LogP contribution in [0.2, 0.25) is 0 Å². The molecule has 2 atom stereocenters. The summed E-state index contributed by atoms with van der Waals surface area (Å²) in [6.45, 7) is 1.76. The summed E-state index contributed by atoms with van der Waals surface area (Å²) < 4.78 is 0. The maximum Gasteiger partial charge on any atom is 0.0991 e. The third-order valence-corrected chi connectivity index (χ3v) is 3.92. The molecule has 1 saturated carbocycles. The van der Waals surface area contributed by atoms with E-state index in [2.05, 4.69) is 24.1 Å². The molecule has 2 rings (SSSR count). The first kappa shape index (κ1) is 14.0. The van der Waals surface area contributed by atoms with Gasteiger partial charge < -0.3 is 10.0 Å². The van der Waals surface area contributed by atoms with Gasteiger partial charge in [0.15, 0.2) is 0 Å². The molecule has 0 radical (unpaired) electrons. The van der Waals surface area contributed by atoms with Crippen molar-refractivity contribution in [2.75, 3.05) is 13.6 Å². The lowest BCUT2D eigenvalue weighted by Crippen LogP contribution is -2.34. The number of nitriles is 1. The minimum atomic E-state index is -0.137. The Balaban J connectivity index is 1.89. The second-order valence-corrected chi connectivity index (χ2v) is 5.62. The molecule has 0 heterocycles. The minimum absolute atomic E-state index is 0.137. The van der Waals surface area contributed by atoms with E-state index in [9.17, 15) is 5.11 Å². The van der Waals surface area contributed by atoms with Gasteiger partial charge >= 0.3 is 0 Å². The molecule has 3 heteroatoms. The maximum atomic E-state index is 10.00. The zero-order valence-corrected chi connectivity index (χ0v) is 11.5. The van der Waals surface area contributed by atoms with Crippen molar-refractivity contribution in [3.8, 4) is 6.07 Å². The highest BCUT2D eigenvalue weighted by Gasteiger charge is 2.23. The van der Waals surface area contributed by atoms with Crippen LogP contribution in [0.1, 0.15) is 36.8 Å². The number of rotatable bonds is 4. The molecule has 1 fully saturated rings. The van der Waals surface area contributed by atoms with E-state index in [1.807, 2.05) is 18.2 Å². The molecule has 102 valence electrons. The molecule has 0 amide bonds. The van der Waals surface area contributed by atoms with Crippen LogP contribution in [0.5, 0.6) is 0 Å². The summed E-state index contributed by atoms with van der Waals surface area (Å²) in [5.74, 6) is 0.401. The molecule has 1 aliphatic carbocycles. The van der Waals surface area contributed by atoms with Gasteiger partial charge in [-0.1, -0.05) is 25.0 Å². The Morgan fingerprint density at radius 1 is 1.37 bits per heavy atom. The first-order valence-corrected chi connectivity index (χ1v) is 7.04. The lowest BCUT2D eigenvalue weighted by Gasteiger charge is -2.31. The van der Waals surface area contributed by atoms with Crippen LogP contribution in [-0.4, -0.2) is 29.7 Å². The summed E-state index contributed by atoms with van der Waals surface area (Å²) in [6, 6.07) is 9.91. The van der Waals surface area contributed by atoms with Gasteiger partial charge in [-0.3, -0.25) is 0 Å². The van der Waals surface area contributed by atoms with E-state index in [1.54, 1.807) is 0 Å². The van der Waals surface area contributed by atoms with Crippen molar-refractivity contribution in [2.45, 2.75) is 38.3 Å². The third kappa shape index (κ3) is 4.05. The second-order valence-electron chi connectivity index (χ2n) is 5.62. The van der Waals surface area contributed by atoms with Crippen LogP contribution >= 0.6 is 0 Å². The molecule has 1 N–H and O–H groups in total. The Morgan fingerprint density at radius 2 is 2.16 bits per heavy atom. The maximum absolute atomic E-state index is 10.00. The van der Waals surface area contributed by atoms with Crippen molar-refractivity contribution in [3.63, 3.8) is 0 Å². The first-order valence-electron chi connectivity index (χ1n) is 7.04. The highest BCUT2D eigenvalue weighted by atomic mass is 16.3. The number of aliphatic hydroxyl groups excluding tert-OH is 1. The Hall–Kier alpha value is -1.37. The third-order valence-electron chi connectivity index (χ3n) is 3.92. The molecule has 1 aromatic rings. The summed E-state index contributed by atoms with van der Waals surface area (Å²) in [5.41, 5.74) is 1.87. The van der Waals surface area contributed by atoms with Gasteiger partial charge in [0.25, 0.3) is 0 Å². The summed E-state index contributed by atoms with van der Waals surface area (Å²) in [7, 11) is 2.08. The fourth-order valence-corrected chi connectivity index (χ4v) is 2.92. The molecule has 1 aliphatic rings. The number of hydrogen-bond donors (Lipinski definition) is 1. The highest BCUT2D eigenvalue weighted by Crippen LogP contribution is 2.25. The van der Waals surface area contributed by atoms with Gasteiger partial charge in [-0.2, -0.15) is 5.26 Å². The first-order chi connectivity index (χ1) is 9.19. The quantitative estimate of drug-likeness (QED) is 0.902. The summed E-state index contributed by atoms with van der Waals surface area (Å²) in [6.07, 6.45) is 4.33. The smallest absolute Gasteiger partial charge is 0.0991 e. The van der Waals surface area contributed by atoms with Gasteiger partial charge in [-0.15, -0.1) is 0 Å². The summed E-state index contributed by atoms with van der Waals surface area (Å²) in [5, 5.41) is 18.9. The zero-order valence-electron chi connectivity index (χ0n) is 11.5. The average molecular weight is 258 g/mol. The van der Waals surface area contributed by atoms with Gasteiger partial charge in [0.2, 0.25) is 0 Å². The van der Waals surface area contributed by atoms with Crippen molar-refractivity contribution in [1.29, 1.82) is 5.26 Å². The Kier molecular flexibility index (Phi) is 4.95. The molecule has 19 heavy (non-hydrogen) atoms. The molecule has 0 spiro atoms. The SMILES string of the molecule is CN(Cc1cccc(C#N)c1)CC1CCCCC1O. The average Bonchev–Trinajstić information content (AvgIpc) is 2.41. The number of benzene rings is 1. The van der Waals surface area contributed by atoms with E-state index in [4.69, 9.17) is 5.26 Å². The standard InChI is InChI=1S/C16H22N2O/c1-18(12-15-7-2-3-8-16(15)19)11-14-6-4-5-13(9-14)10-17/h4-6,9,15-16,19H,2-3,7-8,11-12H2,1H3. The van der Waals surface area contributed by atoms with Gasteiger partial charge in [0.1, 0.15) is 0 Å². The predicted molar refractivity (Wildman–Crippen MR) is 75.5 cm³/mol. The fourth-order valence-electron chi connectivity index (χ4n) is 2.92. The topological polar surface area (TPSA) is 47.3 Å². The predicted octanol–water partition coefficient (Wildman–Crippen LogP) is 2.54. The molecule has 0 bridgehead atoms. The zero-order chi connectivity index (χ0) is 13.7. The van der Waals surface area contributed by atoms with Crippen molar-refractivity contribution < 1.29 is 5.11 Å². The van der Waals surface area contributed by atoms with Crippen molar-refractivity contribution in [2.24, 2.45) is 5.92 Å². The molecule has 0 aromatic heterocycles. The second kappa shape index (κ2) is 6.70. The van der Waals surface area contributed by atoms with Crippen LogP contribution in [0.25, 0.3) is 0 Å². The Morgan fingerprint density at radius 3 is 2.89 bits per heavy atom. The van der Waals surface area contributed by atoms with Crippen molar-refractivity contribution >= 4 is 0 Å². The van der Waals surface area contributed by atoms with E-state index in [1.165, 1.54) is 6.42 Å². The molecule has 3 nitrogen and oxygen atoms in total. The molecule has 0 saturated heterocycles. The molecular weight excluding hydrogens is 236 g/mol. The summed E-state index contributed by atoms with van der Waals surface area (Å²) in [4.78, 5) is 2.25. The monoisotopic (exact) mass is 258 g/mol. The number of aliphatic hydroxyl groups is 1. The van der Waals surface area contributed by atoms with E-state index in [-0.39, 0.29) is 6.10 Å². The van der Waals surface area contributed by atoms with Gasteiger partial charge in [-0.05, 0) is 43.5 Å². The highest BCUT2D eigenvalue weighted by molar-refractivity contribution is 5.32. The Bertz CT molecular complexity index is 452. The molecule has 1 aromatic carbocycles. The van der Waals surface area contributed by atoms with E-state index in [0.717, 1.165) is 37.9 Å². The van der Waals surface area contributed by atoms with Crippen LogP contribution in [0.15, 0.2) is 24.3 Å². The summed E-state index contributed by atoms with van der Waals surface area (Å²) >= 11 is 0. The van der Waals surface area contributed by atoms with Gasteiger partial charge in [-0.25, -0.2) is 0 Å². The van der Waals surface area contributed by atoms with E-state index >= 15 is 0 Å². The molecular formula is C16H22N2O. The van der Waals surface area contributed by atoms with Crippen LogP contribution < -0.4 is 0 Å². The van der Waals surface area contributed by atoms with Gasteiger partial charge in [0, 0.05) is 13.1 Å². The number of nitrogens with zero attached hydrogens (tertiary/aromatic N) is 2. The van der Waals surface area contributed by atoms with Crippen molar-refractivity contribution in [3.05, 3.63) is 35.4 Å². The minimum Gasteiger partial charge on any atom is -0.393 e.